The number of halogens is 1. The molecule has 5 nitrogen and oxygen atoms in total. The second kappa shape index (κ2) is 10.7. The summed E-state index contributed by atoms with van der Waals surface area (Å²) >= 11 is 6.24. The van der Waals surface area contributed by atoms with Crippen molar-refractivity contribution < 1.29 is 19.1 Å². The van der Waals surface area contributed by atoms with E-state index in [9.17, 15) is 14.7 Å². The van der Waals surface area contributed by atoms with E-state index in [-0.39, 0.29) is 10.6 Å². The van der Waals surface area contributed by atoms with Crippen LogP contribution in [-0.4, -0.2) is 36.4 Å². The number of hydrogen-bond acceptors (Lipinski definition) is 3. The lowest BCUT2D eigenvalue weighted by atomic mass is 10.0. The Morgan fingerprint density at radius 1 is 0.946 bits per heavy atom. The number of carbonyl (C=O) groups is 2. The lowest BCUT2D eigenvalue weighted by Gasteiger charge is -2.43. The molecule has 37 heavy (non-hydrogen) atoms. The van der Waals surface area contributed by atoms with E-state index in [1.54, 1.807) is 12.1 Å². The number of hydrogen-bond donors (Lipinski definition) is 1. The molecule has 0 fully saturated rings. The lowest BCUT2D eigenvalue weighted by molar-refractivity contribution is -0.131. The van der Waals surface area contributed by atoms with Crippen molar-refractivity contribution >= 4 is 52.9 Å². The Balaban J connectivity index is 1.82. The number of carboxylic acid groups (broad SMARTS) is 1. The average Bonchev–Trinajstić information content (AvgIpc) is 3.18. The van der Waals surface area contributed by atoms with Crippen LogP contribution in [0.5, 0.6) is 0 Å². The number of aromatic nitrogens is 1. The van der Waals surface area contributed by atoms with Crippen LogP contribution >= 0.6 is 11.6 Å². The molecule has 0 aliphatic heterocycles. The van der Waals surface area contributed by atoms with Crippen molar-refractivity contribution in [2.24, 2.45) is 0 Å². The zero-order chi connectivity index (χ0) is 26.8. The van der Waals surface area contributed by atoms with Crippen LogP contribution in [0, 0.1) is 0 Å². The smallest absolute Gasteiger partial charge is 0.377 e. The predicted molar refractivity (Wildman–Crippen MR) is 152 cm³/mol. The summed E-state index contributed by atoms with van der Waals surface area (Å²) in [6.45, 7) is 9.53. The van der Waals surface area contributed by atoms with E-state index in [1.807, 2.05) is 54.0 Å². The summed E-state index contributed by atoms with van der Waals surface area (Å²) in [5.74, 6) is -2.41. The first-order valence-corrected chi connectivity index (χ1v) is 14.7. The lowest BCUT2D eigenvalue weighted by Crippen LogP contribution is -2.66. The zero-order valence-electron chi connectivity index (χ0n) is 21.6. The second-order valence-electron chi connectivity index (χ2n) is 10.1. The van der Waals surface area contributed by atoms with Gasteiger partial charge in [0.25, 0.3) is 14.1 Å². The standard InChI is InChI=1S/C30H32ClNO4Si/c1-5-32-25-17-16-21(31)20-24(25)27(28(33)29(34)35)26(32)18-19-36-37(30(2,3)4,22-12-8-6-9-13-22)23-14-10-7-11-15-23/h6-17,20H,5,18-19H2,1-4H3,(H,34,35). The summed E-state index contributed by atoms with van der Waals surface area (Å²) in [6, 6.07) is 26.0. The van der Waals surface area contributed by atoms with Crippen molar-refractivity contribution in [3.05, 3.63) is 95.1 Å². The van der Waals surface area contributed by atoms with Crippen molar-refractivity contribution in [3.8, 4) is 0 Å². The molecule has 0 radical (unpaired) electrons. The van der Waals surface area contributed by atoms with E-state index in [0.29, 0.717) is 35.7 Å². The maximum atomic E-state index is 12.9. The first-order chi connectivity index (χ1) is 17.6. The molecular weight excluding hydrogens is 502 g/mol. The summed E-state index contributed by atoms with van der Waals surface area (Å²) in [7, 11) is -2.78. The highest BCUT2D eigenvalue weighted by Gasteiger charge is 2.50. The molecule has 0 amide bonds. The van der Waals surface area contributed by atoms with Crippen molar-refractivity contribution in [1.82, 2.24) is 4.57 Å². The Morgan fingerprint density at radius 3 is 2.00 bits per heavy atom. The van der Waals surface area contributed by atoms with E-state index in [0.717, 1.165) is 5.52 Å². The molecule has 1 N–H and O–H groups in total. The summed E-state index contributed by atoms with van der Waals surface area (Å²) in [6.07, 6.45) is 0.388. The summed E-state index contributed by atoms with van der Waals surface area (Å²) in [4.78, 5) is 24.7. The van der Waals surface area contributed by atoms with Gasteiger partial charge in [0, 0.05) is 41.2 Å². The number of aliphatic carboxylic acids is 1. The highest BCUT2D eigenvalue weighted by molar-refractivity contribution is 6.99. The highest BCUT2D eigenvalue weighted by Crippen LogP contribution is 2.37. The number of carbonyl (C=O) groups excluding carboxylic acids is 1. The van der Waals surface area contributed by atoms with Crippen LogP contribution in [0.4, 0.5) is 0 Å². The number of fused-ring (bicyclic) bond motifs is 1. The van der Waals surface area contributed by atoms with Gasteiger partial charge in [0.2, 0.25) is 0 Å². The third-order valence-corrected chi connectivity index (χ3v) is 12.2. The monoisotopic (exact) mass is 533 g/mol. The minimum absolute atomic E-state index is 0.192. The number of carboxylic acids is 1. The molecular formula is C30H32ClNO4Si. The Hall–Kier alpha value is -3.19. The van der Waals surface area contributed by atoms with Crippen LogP contribution in [0.3, 0.4) is 0 Å². The number of nitrogens with zero attached hydrogens (tertiary/aromatic N) is 1. The molecule has 0 aliphatic rings. The van der Waals surface area contributed by atoms with E-state index in [1.165, 1.54) is 10.4 Å². The van der Waals surface area contributed by atoms with Crippen LogP contribution in [-0.2, 0) is 22.2 Å². The van der Waals surface area contributed by atoms with Gasteiger partial charge in [0.05, 0.1) is 5.56 Å². The Labute approximate surface area is 223 Å². The fraction of sp³-hybridized carbons (Fsp3) is 0.267. The van der Waals surface area contributed by atoms with Crippen LogP contribution in [0.15, 0.2) is 78.9 Å². The van der Waals surface area contributed by atoms with Gasteiger partial charge in [-0.2, -0.15) is 0 Å². The summed E-state index contributed by atoms with van der Waals surface area (Å²) in [5, 5.41) is 12.8. The van der Waals surface area contributed by atoms with Gasteiger partial charge in [-0.25, -0.2) is 4.79 Å². The van der Waals surface area contributed by atoms with Crippen LogP contribution in [0.2, 0.25) is 10.1 Å². The van der Waals surface area contributed by atoms with Gasteiger partial charge in [0.15, 0.2) is 0 Å². The molecule has 0 saturated carbocycles. The number of benzene rings is 3. The molecule has 192 valence electrons. The fourth-order valence-electron chi connectivity index (χ4n) is 5.42. The van der Waals surface area contributed by atoms with Crippen LogP contribution in [0.25, 0.3) is 10.9 Å². The number of ketones is 1. The molecule has 4 rings (SSSR count). The average molecular weight is 534 g/mol. The van der Waals surface area contributed by atoms with Gasteiger partial charge >= 0.3 is 5.97 Å². The van der Waals surface area contributed by atoms with Gasteiger partial charge in [-0.05, 0) is 40.5 Å². The van der Waals surface area contributed by atoms with E-state index >= 15 is 0 Å². The molecule has 3 aromatic carbocycles. The molecule has 4 aromatic rings. The topological polar surface area (TPSA) is 68.5 Å². The number of Topliss-reactive ketones (excluding diaryl/α,β-unsaturated/α-hetero) is 1. The molecule has 1 aromatic heterocycles. The molecule has 7 heteroatoms. The maximum Gasteiger partial charge on any atom is 0.377 e. The first-order valence-electron chi connectivity index (χ1n) is 12.4. The molecule has 0 spiro atoms. The van der Waals surface area contributed by atoms with Crippen molar-refractivity contribution in [1.29, 1.82) is 0 Å². The SMILES string of the molecule is CCn1c(CCO[Si](c2ccccc2)(c2ccccc2)C(C)(C)C)c(C(=O)C(=O)O)c2cc(Cl)ccc21. The summed E-state index contributed by atoms with van der Waals surface area (Å²) in [5.41, 5.74) is 1.64. The second-order valence-corrected chi connectivity index (χ2v) is 14.9. The van der Waals surface area contributed by atoms with Crippen molar-refractivity contribution in [3.63, 3.8) is 0 Å². The highest BCUT2D eigenvalue weighted by atomic mass is 35.5. The first kappa shape index (κ1) is 26.9. The van der Waals surface area contributed by atoms with Crippen molar-refractivity contribution in [2.45, 2.75) is 45.7 Å². The third-order valence-electron chi connectivity index (χ3n) is 6.94. The maximum absolute atomic E-state index is 12.9. The minimum atomic E-state index is -2.78. The Morgan fingerprint density at radius 2 is 1.51 bits per heavy atom. The minimum Gasteiger partial charge on any atom is -0.475 e. The zero-order valence-corrected chi connectivity index (χ0v) is 23.4. The van der Waals surface area contributed by atoms with Crippen molar-refractivity contribution in [2.75, 3.05) is 6.61 Å². The molecule has 0 aliphatic carbocycles. The van der Waals surface area contributed by atoms with Gasteiger partial charge < -0.3 is 14.1 Å². The molecule has 0 bridgehead atoms. The van der Waals surface area contributed by atoms with Crippen LogP contribution in [0.1, 0.15) is 43.7 Å². The Kier molecular flexibility index (Phi) is 7.74. The van der Waals surface area contributed by atoms with E-state index in [2.05, 4.69) is 45.0 Å². The van der Waals surface area contributed by atoms with Gasteiger partial charge in [-0.15, -0.1) is 0 Å². The third kappa shape index (κ3) is 4.89. The quantitative estimate of drug-likeness (QED) is 0.170. The molecule has 0 unspecified atom stereocenters. The van der Waals surface area contributed by atoms with E-state index < -0.39 is 20.1 Å². The predicted octanol–water partition coefficient (Wildman–Crippen LogP) is 5.70. The van der Waals surface area contributed by atoms with Crippen LogP contribution < -0.4 is 10.4 Å². The normalized spacial score (nSPS) is 12.1. The van der Waals surface area contributed by atoms with E-state index in [4.69, 9.17) is 16.0 Å². The van der Waals surface area contributed by atoms with Gasteiger partial charge in [-0.1, -0.05) is 93.0 Å². The number of aryl methyl sites for hydroxylation is 1. The van der Waals surface area contributed by atoms with Gasteiger partial charge in [0.1, 0.15) is 0 Å². The fourth-order valence-corrected chi connectivity index (χ4v) is 10.2. The number of rotatable bonds is 9. The summed E-state index contributed by atoms with van der Waals surface area (Å²) < 4.78 is 9.02. The molecule has 0 saturated heterocycles. The largest absolute Gasteiger partial charge is 0.475 e. The Bertz CT molecular complexity index is 1390. The molecule has 0 atom stereocenters. The van der Waals surface area contributed by atoms with Gasteiger partial charge in [-0.3, -0.25) is 4.79 Å². The molecule has 1 heterocycles.